The minimum Gasteiger partial charge on any atom is -0.462 e. The van der Waals surface area contributed by atoms with Crippen LogP contribution in [0.4, 0.5) is 5.69 Å². The van der Waals surface area contributed by atoms with Gasteiger partial charge in [-0.25, -0.2) is 4.79 Å². The lowest BCUT2D eigenvalue weighted by atomic mass is 10.1. The molecule has 146 valence electrons. The molecular formula is C22H24N2O4. The second kappa shape index (κ2) is 8.69. The Labute approximate surface area is 164 Å². The van der Waals surface area contributed by atoms with E-state index in [2.05, 4.69) is 5.32 Å². The number of hydrogen-bond donors (Lipinski definition) is 1. The molecule has 1 fully saturated rings. The zero-order valence-corrected chi connectivity index (χ0v) is 16.1. The first-order valence-electron chi connectivity index (χ1n) is 9.38. The summed E-state index contributed by atoms with van der Waals surface area (Å²) in [4.78, 5) is 38.8. The number of carbonyl (C=O) groups is 3. The van der Waals surface area contributed by atoms with Gasteiger partial charge in [0.25, 0.3) is 0 Å². The quantitative estimate of drug-likeness (QED) is 0.781. The maximum absolute atomic E-state index is 12.7. The molecule has 2 aromatic rings. The zero-order chi connectivity index (χ0) is 20.1. The Hall–Kier alpha value is -3.15. The molecule has 0 bridgehead atoms. The number of anilines is 1. The molecule has 1 saturated heterocycles. The van der Waals surface area contributed by atoms with Crippen molar-refractivity contribution >= 4 is 23.5 Å². The molecule has 1 atom stereocenters. The average Bonchev–Trinajstić information content (AvgIpc) is 3.05. The number of esters is 1. The summed E-state index contributed by atoms with van der Waals surface area (Å²) in [6.45, 7) is 4.85. The Morgan fingerprint density at radius 2 is 1.86 bits per heavy atom. The molecule has 6 nitrogen and oxygen atoms in total. The molecule has 6 heteroatoms. The lowest BCUT2D eigenvalue weighted by molar-refractivity contribution is -0.128. The SMILES string of the molecule is CCOC(=O)c1ccccc1NC(=O)C1CC(=O)N(Cc2ccc(C)cc2)C1. The van der Waals surface area contributed by atoms with Crippen LogP contribution in [-0.2, 0) is 20.9 Å². The maximum atomic E-state index is 12.7. The molecule has 2 amide bonds. The number of nitrogens with zero attached hydrogens (tertiary/aromatic N) is 1. The van der Waals surface area contributed by atoms with Gasteiger partial charge in [-0.3, -0.25) is 9.59 Å². The highest BCUT2D eigenvalue weighted by atomic mass is 16.5. The normalized spacial score (nSPS) is 16.1. The molecule has 2 aromatic carbocycles. The second-order valence-electron chi connectivity index (χ2n) is 6.92. The van der Waals surface area contributed by atoms with E-state index in [0.29, 0.717) is 24.3 Å². The van der Waals surface area contributed by atoms with E-state index in [4.69, 9.17) is 4.74 Å². The van der Waals surface area contributed by atoms with Crippen LogP contribution in [0.5, 0.6) is 0 Å². The Kier molecular flexibility index (Phi) is 6.09. The number of rotatable bonds is 6. The van der Waals surface area contributed by atoms with Crippen molar-refractivity contribution in [2.24, 2.45) is 5.92 Å². The molecule has 0 aromatic heterocycles. The Morgan fingerprint density at radius 1 is 1.14 bits per heavy atom. The van der Waals surface area contributed by atoms with E-state index in [1.165, 1.54) is 0 Å². The summed E-state index contributed by atoms with van der Waals surface area (Å²) in [6, 6.07) is 14.7. The Balaban J connectivity index is 1.65. The number of aryl methyl sites for hydroxylation is 1. The number of amides is 2. The fourth-order valence-electron chi connectivity index (χ4n) is 3.23. The fourth-order valence-corrected chi connectivity index (χ4v) is 3.23. The van der Waals surface area contributed by atoms with Crippen molar-refractivity contribution in [1.29, 1.82) is 0 Å². The van der Waals surface area contributed by atoms with E-state index in [-0.39, 0.29) is 24.8 Å². The number of para-hydroxylation sites is 1. The third kappa shape index (κ3) is 4.57. The van der Waals surface area contributed by atoms with E-state index in [1.54, 1.807) is 36.1 Å². The van der Waals surface area contributed by atoms with Gasteiger partial charge in [-0.15, -0.1) is 0 Å². The molecule has 28 heavy (non-hydrogen) atoms. The third-order valence-electron chi connectivity index (χ3n) is 4.76. The van der Waals surface area contributed by atoms with Crippen LogP contribution in [-0.4, -0.2) is 35.8 Å². The predicted molar refractivity (Wildman–Crippen MR) is 106 cm³/mol. The van der Waals surface area contributed by atoms with Crippen LogP contribution < -0.4 is 5.32 Å². The summed E-state index contributed by atoms with van der Waals surface area (Å²) in [7, 11) is 0. The average molecular weight is 380 g/mol. The molecule has 0 saturated carbocycles. The Bertz CT molecular complexity index is 876. The Morgan fingerprint density at radius 3 is 2.57 bits per heavy atom. The van der Waals surface area contributed by atoms with Crippen molar-refractivity contribution in [2.45, 2.75) is 26.8 Å². The molecule has 1 aliphatic heterocycles. The van der Waals surface area contributed by atoms with E-state index in [9.17, 15) is 14.4 Å². The topological polar surface area (TPSA) is 75.7 Å². The molecule has 3 rings (SSSR count). The fraction of sp³-hybridized carbons (Fsp3) is 0.318. The summed E-state index contributed by atoms with van der Waals surface area (Å²) in [5.74, 6) is -1.24. The van der Waals surface area contributed by atoms with E-state index in [0.717, 1.165) is 11.1 Å². The second-order valence-corrected chi connectivity index (χ2v) is 6.92. The van der Waals surface area contributed by atoms with Crippen LogP contribution in [0.1, 0.15) is 34.8 Å². The molecular weight excluding hydrogens is 356 g/mol. The van der Waals surface area contributed by atoms with Crippen molar-refractivity contribution < 1.29 is 19.1 Å². The van der Waals surface area contributed by atoms with Crippen molar-refractivity contribution in [2.75, 3.05) is 18.5 Å². The first-order chi connectivity index (χ1) is 13.5. The minimum absolute atomic E-state index is 0.0422. The molecule has 1 N–H and O–H groups in total. The number of hydrogen-bond acceptors (Lipinski definition) is 4. The molecule has 0 aliphatic carbocycles. The maximum Gasteiger partial charge on any atom is 0.340 e. The van der Waals surface area contributed by atoms with Gasteiger partial charge in [-0.05, 0) is 31.5 Å². The standard InChI is InChI=1S/C22H24N2O4/c1-3-28-22(27)18-6-4-5-7-19(18)23-21(26)17-12-20(25)24(14-17)13-16-10-8-15(2)9-11-16/h4-11,17H,3,12-14H2,1-2H3,(H,23,26). The van der Waals surface area contributed by atoms with Crippen LogP contribution in [0.3, 0.4) is 0 Å². The first-order valence-corrected chi connectivity index (χ1v) is 9.38. The van der Waals surface area contributed by atoms with Gasteiger partial charge in [0.2, 0.25) is 11.8 Å². The lowest BCUT2D eigenvalue weighted by Crippen LogP contribution is -2.28. The number of carbonyl (C=O) groups excluding carboxylic acids is 3. The summed E-state index contributed by atoms with van der Waals surface area (Å²) in [5.41, 5.74) is 2.90. The van der Waals surface area contributed by atoms with Gasteiger partial charge in [0, 0.05) is 19.5 Å². The van der Waals surface area contributed by atoms with E-state index in [1.807, 2.05) is 31.2 Å². The van der Waals surface area contributed by atoms with Crippen molar-refractivity contribution in [1.82, 2.24) is 4.90 Å². The summed E-state index contributed by atoms with van der Waals surface area (Å²) < 4.78 is 5.03. The highest BCUT2D eigenvalue weighted by Gasteiger charge is 2.34. The molecule has 1 aliphatic rings. The molecule has 1 unspecified atom stereocenters. The van der Waals surface area contributed by atoms with Gasteiger partial charge < -0.3 is 15.0 Å². The van der Waals surface area contributed by atoms with Crippen molar-refractivity contribution in [3.05, 3.63) is 65.2 Å². The van der Waals surface area contributed by atoms with Crippen LogP contribution in [0, 0.1) is 12.8 Å². The molecule has 0 spiro atoms. The van der Waals surface area contributed by atoms with Gasteiger partial charge in [-0.1, -0.05) is 42.0 Å². The van der Waals surface area contributed by atoms with Gasteiger partial charge in [-0.2, -0.15) is 0 Å². The zero-order valence-electron chi connectivity index (χ0n) is 16.1. The highest BCUT2D eigenvalue weighted by molar-refractivity contribution is 6.03. The third-order valence-corrected chi connectivity index (χ3v) is 4.76. The number of ether oxygens (including phenoxy) is 1. The van der Waals surface area contributed by atoms with Gasteiger partial charge >= 0.3 is 5.97 Å². The smallest absolute Gasteiger partial charge is 0.340 e. The van der Waals surface area contributed by atoms with Gasteiger partial charge in [0.05, 0.1) is 23.8 Å². The summed E-state index contributed by atoms with van der Waals surface area (Å²) in [5, 5.41) is 2.79. The summed E-state index contributed by atoms with van der Waals surface area (Å²) in [6.07, 6.45) is 0.166. The molecule has 1 heterocycles. The number of likely N-dealkylation sites (tertiary alicyclic amines) is 1. The van der Waals surface area contributed by atoms with E-state index < -0.39 is 11.9 Å². The minimum atomic E-state index is -0.484. The van der Waals surface area contributed by atoms with E-state index >= 15 is 0 Å². The monoisotopic (exact) mass is 380 g/mol. The number of benzene rings is 2. The van der Waals surface area contributed by atoms with Crippen molar-refractivity contribution in [3.63, 3.8) is 0 Å². The highest BCUT2D eigenvalue weighted by Crippen LogP contribution is 2.23. The largest absolute Gasteiger partial charge is 0.462 e. The van der Waals surface area contributed by atoms with Gasteiger partial charge in [0.1, 0.15) is 0 Å². The molecule has 0 radical (unpaired) electrons. The van der Waals surface area contributed by atoms with Crippen LogP contribution >= 0.6 is 0 Å². The van der Waals surface area contributed by atoms with Gasteiger partial charge in [0.15, 0.2) is 0 Å². The van der Waals surface area contributed by atoms with Crippen LogP contribution in [0.15, 0.2) is 48.5 Å². The number of nitrogens with one attached hydrogen (secondary N) is 1. The summed E-state index contributed by atoms with van der Waals surface area (Å²) >= 11 is 0. The van der Waals surface area contributed by atoms with Crippen LogP contribution in [0.2, 0.25) is 0 Å². The first kappa shape index (κ1) is 19.6. The van der Waals surface area contributed by atoms with Crippen LogP contribution in [0.25, 0.3) is 0 Å². The predicted octanol–water partition coefficient (Wildman–Crippen LogP) is 3.16. The lowest BCUT2D eigenvalue weighted by Gasteiger charge is -2.17. The van der Waals surface area contributed by atoms with Crippen molar-refractivity contribution in [3.8, 4) is 0 Å².